The molecule has 1 aromatic carbocycles. The van der Waals surface area contributed by atoms with Crippen molar-refractivity contribution in [1.82, 2.24) is 15.5 Å². The fourth-order valence-electron chi connectivity index (χ4n) is 1.33. The fourth-order valence-corrected chi connectivity index (χ4v) is 1.33. The van der Waals surface area contributed by atoms with Crippen molar-refractivity contribution < 1.29 is 13.7 Å². The number of benzene rings is 1. The van der Waals surface area contributed by atoms with Gasteiger partial charge in [0.2, 0.25) is 5.89 Å². The van der Waals surface area contributed by atoms with Gasteiger partial charge in [-0.15, -0.1) is 0 Å². The van der Waals surface area contributed by atoms with Crippen LogP contribution in [0, 0.1) is 5.82 Å². The predicted molar refractivity (Wildman–Crippen MR) is 56.7 cm³/mol. The third kappa shape index (κ3) is 2.87. The molecule has 0 aliphatic heterocycles. The van der Waals surface area contributed by atoms with E-state index in [1.807, 2.05) is 0 Å². The summed E-state index contributed by atoms with van der Waals surface area (Å²) < 4.78 is 18.0. The summed E-state index contributed by atoms with van der Waals surface area (Å²) in [5.74, 6) is -0.566. The molecule has 17 heavy (non-hydrogen) atoms. The number of nitrogens with one attached hydrogen (secondary N) is 1. The van der Waals surface area contributed by atoms with Crippen molar-refractivity contribution in [2.24, 2.45) is 0 Å². The highest BCUT2D eigenvalue weighted by Gasteiger charge is 2.10. The van der Waals surface area contributed by atoms with Crippen LogP contribution in [0.4, 0.5) is 4.39 Å². The summed E-state index contributed by atoms with van der Waals surface area (Å²) in [6.45, 7) is 0.315. The van der Waals surface area contributed by atoms with E-state index in [9.17, 15) is 9.18 Å². The molecule has 1 aromatic heterocycles. The molecule has 1 N–H and O–H groups in total. The zero-order valence-electron chi connectivity index (χ0n) is 8.89. The Kier molecular flexibility index (Phi) is 3.44. The zero-order chi connectivity index (χ0) is 12.1. The molecular weight excluding hydrogens is 225 g/mol. The third-order valence-electron chi connectivity index (χ3n) is 2.15. The van der Waals surface area contributed by atoms with E-state index in [1.54, 1.807) is 6.07 Å². The Morgan fingerprint density at radius 1 is 1.41 bits per heavy atom. The van der Waals surface area contributed by atoms with Crippen LogP contribution in [-0.4, -0.2) is 22.6 Å². The van der Waals surface area contributed by atoms with Gasteiger partial charge in [-0.25, -0.2) is 4.39 Å². The first-order valence-corrected chi connectivity index (χ1v) is 5.05. The average Bonchev–Trinajstić information content (AvgIpc) is 2.82. The fraction of sp³-hybridized carbons (Fsp3) is 0.182. The number of nitrogens with zero attached hydrogens (tertiary/aromatic N) is 2. The average molecular weight is 235 g/mol. The summed E-state index contributed by atoms with van der Waals surface area (Å²) in [4.78, 5) is 15.4. The van der Waals surface area contributed by atoms with Gasteiger partial charge >= 0.3 is 0 Å². The molecule has 0 unspecified atom stereocenters. The quantitative estimate of drug-likeness (QED) is 0.864. The van der Waals surface area contributed by atoms with Crippen LogP contribution in [-0.2, 0) is 6.42 Å². The second-order valence-electron chi connectivity index (χ2n) is 3.32. The second kappa shape index (κ2) is 5.20. The molecule has 1 heterocycles. The van der Waals surface area contributed by atoms with Crippen LogP contribution in [0.3, 0.4) is 0 Å². The molecule has 0 saturated carbocycles. The number of hydrogen-bond acceptors (Lipinski definition) is 4. The van der Waals surface area contributed by atoms with Gasteiger partial charge in [-0.2, -0.15) is 4.98 Å². The topological polar surface area (TPSA) is 68.0 Å². The minimum absolute atomic E-state index is 0.0260. The highest BCUT2D eigenvalue weighted by Crippen LogP contribution is 2.05. The Morgan fingerprint density at radius 3 is 2.94 bits per heavy atom. The summed E-state index contributed by atoms with van der Waals surface area (Å²) in [6.07, 6.45) is 1.70. The molecular formula is C11H10FN3O2. The van der Waals surface area contributed by atoms with E-state index in [-0.39, 0.29) is 5.56 Å². The van der Waals surface area contributed by atoms with Gasteiger partial charge in [0, 0.05) is 13.0 Å². The molecule has 0 atom stereocenters. The van der Waals surface area contributed by atoms with Gasteiger partial charge in [0.15, 0.2) is 6.33 Å². The lowest BCUT2D eigenvalue weighted by Crippen LogP contribution is -2.26. The Labute approximate surface area is 96.6 Å². The maximum absolute atomic E-state index is 13.2. The molecule has 88 valence electrons. The van der Waals surface area contributed by atoms with E-state index in [0.29, 0.717) is 18.9 Å². The van der Waals surface area contributed by atoms with Crippen LogP contribution in [0.1, 0.15) is 16.2 Å². The SMILES string of the molecule is O=C(NCCc1ncno1)c1ccccc1F. The summed E-state index contributed by atoms with van der Waals surface area (Å²) in [5.41, 5.74) is 0.0260. The molecule has 0 radical (unpaired) electrons. The lowest BCUT2D eigenvalue weighted by atomic mass is 10.2. The number of carbonyl (C=O) groups is 1. The molecule has 0 aliphatic carbocycles. The standard InChI is InChI=1S/C11H10FN3O2/c12-9-4-2-1-3-8(9)11(16)13-6-5-10-14-7-15-17-10/h1-4,7H,5-6H2,(H,13,16). The number of aromatic nitrogens is 2. The maximum atomic E-state index is 13.2. The highest BCUT2D eigenvalue weighted by atomic mass is 19.1. The number of rotatable bonds is 4. The van der Waals surface area contributed by atoms with Gasteiger partial charge in [-0.3, -0.25) is 4.79 Å². The van der Waals surface area contributed by atoms with E-state index in [0.717, 1.165) is 0 Å². The van der Waals surface area contributed by atoms with Crippen molar-refractivity contribution in [3.63, 3.8) is 0 Å². The molecule has 0 spiro atoms. The van der Waals surface area contributed by atoms with E-state index >= 15 is 0 Å². The van der Waals surface area contributed by atoms with Crippen LogP contribution in [0.5, 0.6) is 0 Å². The zero-order valence-corrected chi connectivity index (χ0v) is 8.89. The number of hydrogen-bond donors (Lipinski definition) is 1. The monoisotopic (exact) mass is 235 g/mol. The van der Waals surface area contributed by atoms with Gasteiger partial charge in [0.1, 0.15) is 5.82 Å². The van der Waals surface area contributed by atoms with Crippen molar-refractivity contribution >= 4 is 5.91 Å². The Balaban J connectivity index is 1.88. The number of amides is 1. The molecule has 0 saturated heterocycles. The van der Waals surface area contributed by atoms with Crippen LogP contribution in [0.2, 0.25) is 0 Å². The van der Waals surface area contributed by atoms with E-state index < -0.39 is 11.7 Å². The number of carbonyl (C=O) groups excluding carboxylic acids is 1. The Bertz CT molecular complexity index is 499. The first kappa shape index (κ1) is 11.3. The molecule has 0 fully saturated rings. The first-order chi connectivity index (χ1) is 8.27. The van der Waals surface area contributed by atoms with Crippen molar-refractivity contribution in [2.45, 2.75) is 6.42 Å². The summed E-state index contributed by atoms with van der Waals surface area (Å²) >= 11 is 0. The normalized spacial score (nSPS) is 10.2. The van der Waals surface area contributed by atoms with Crippen molar-refractivity contribution in [3.05, 3.63) is 47.9 Å². The molecule has 0 aliphatic rings. The summed E-state index contributed by atoms with van der Waals surface area (Å²) in [6, 6.07) is 5.81. The Morgan fingerprint density at radius 2 is 2.24 bits per heavy atom. The lowest BCUT2D eigenvalue weighted by molar-refractivity contribution is 0.0949. The van der Waals surface area contributed by atoms with Crippen LogP contribution >= 0.6 is 0 Å². The molecule has 5 nitrogen and oxygen atoms in total. The first-order valence-electron chi connectivity index (χ1n) is 5.05. The van der Waals surface area contributed by atoms with E-state index in [4.69, 9.17) is 4.52 Å². The molecule has 6 heteroatoms. The summed E-state index contributed by atoms with van der Waals surface area (Å²) in [7, 11) is 0. The van der Waals surface area contributed by atoms with Gasteiger partial charge in [-0.05, 0) is 12.1 Å². The van der Waals surface area contributed by atoms with Gasteiger partial charge in [0.25, 0.3) is 5.91 Å². The van der Waals surface area contributed by atoms with Gasteiger partial charge in [-0.1, -0.05) is 17.3 Å². The lowest BCUT2D eigenvalue weighted by Gasteiger charge is -2.04. The van der Waals surface area contributed by atoms with Crippen LogP contribution in [0.15, 0.2) is 35.1 Å². The minimum Gasteiger partial charge on any atom is -0.351 e. The van der Waals surface area contributed by atoms with Crippen molar-refractivity contribution in [3.8, 4) is 0 Å². The van der Waals surface area contributed by atoms with Crippen molar-refractivity contribution in [1.29, 1.82) is 0 Å². The van der Waals surface area contributed by atoms with Crippen molar-refractivity contribution in [2.75, 3.05) is 6.54 Å². The summed E-state index contributed by atoms with van der Waals surface area (Å²) in [5, 5.41) is 6.00. The molecule has 1 amide bonds. The predicted octanol–water partition coefficient (Wildman–Crippen LogP) is 1.18. The van der Waals surface area contributed by atoms with Gasteiger partial charge in [0.05, 0.1) is 5.56 Å². The Hall–Kier alpha value is -2.24. The third-order valence-corrected chi connectivity index (χ3v) is 2.15. The van der Waals surface area contributed by atoms with E-state index in [2.05, 4.69) is 15.5 Å². The van der Waals surface area contributed by atoms with Crippen LogP contribution < -0.4 is 5.32 Å². The second-order valence-corrected chi connectivity index (χ2v) is 3.32. The highest BCUT2D eigenvalue weighted by molar-refractivity contribution is 5.94. The van der Waals surface area contributed by atoms with Gasteiger partial charge < -0.3 is 9.84 Å². The van der Waals surface area contributed by atoms with E-state index in [1.165, 1.54) is 24.5 Å². The minimum atomic E-state index is -0.539. The molecule has 2 rings (SSSR count). The maximum Gasteiger partial charge on any atom is 0.254 e. The largest absolute Gasteiger partial charge is 0.351 e. The molecule has 2 aromatic rings. The number of halogens is 1. The molecule has 0 bridgehead atoms. The smallest absolute Gasteiger partial charge is 0.254 e. The van der Waals surface area contributed by atoms with Crippen LogP contribution in [0.25, 0.3) is 0 Å².